The number of aromatic nitrogens is 1. The van der Waals surface area contributed by atoms with E-state index in [-0.39, 0.29) is 0 Å². The summed E-state index contributed by atoms with van der Waals surface area (Å²) < 4.78 is 0. The van der Waals surface area contributed by atoms with E-state index >= 15 is 0 Å². The Bertz CT molecular complexity index is 363. The van der Waals surface area contributed by atoms with Crippen LogP contribution in [0.2, 0.25) is 0 Å². The van der Waals surface area contributed by atoms with Crippen molar-refractivity contribution in [2.45, 2.75) is 24.9 Å². The smallest absolute Gasteiger partial charge is 0.0575 e. The third-order valence-electron chi connectivity index (χ3n) is 3.78. The molecule has 0 N–H and O–H groups in total. The third kappa shape index (κ3) is 2.86. The molecule has 98 valence electrons. The van der Waals surface area contributed by atoms with Crippen LogP contribution in [0.1, 0.15) is 24.6 Å². The SMILES string of the molecule is c1ccc([C@@H]2CCCN2C2CSCCSC2)nc1. The van der Waals surface area contributed by atoms with E-state index in [4.69, 9.17) is 0 Å². The first kappa shape index (κ1) is 12.8. The molecule has 2 saturated heterocycles. The van der Waals surface area contributed by atoms with Crippen molar-refractivity contribution in [1.82, 2.24) is 9.88 Å². The molecule has 1 atom stereocenters. The lowest BCUT2D eigenvalue weighted by Gasteiger charge is -2.31. The third-order valence-corrected chi connectivity index (χ3v) is 6.27. The number of hydrogen-bond donors (Lipinski definition) is 0. The molecule has 0 saturated carbocycles. The van der Waals surface area contributed by atoms with E-state index < -0.39 is 0 Å². The summed E-state index contributed by atoms with van der Waals surface area (Å²) in [6.07, 6.45) is 4.54. The van der Waals surface area contributed by atoms with Crippen LogP contribution in [0.15, 0.2) is 24.4 Å². The first-order valence-electron chi connectivity index (χ1n) is 6.77. The van der Waals surface area contributed by atoms with Crippen molar-refractivity contribution in [1.29, 1.82) is 0 Å². The van der Waals surface area contributed by atoms with Crippen LogP contribution in [0.25, 0.3) is 0 Å². The van der Waals surface area contributed by atoms with Crippen molar-refractivity contribution in [3.05, 3.63) is 30.1 Å². The van der Waals surface area contributed by atoms with E-state index in [1.165, 1.54) is 48.1 Å². The van der Waals surface area contributed by atoms with Crippen LogP contribution < -0.4 is 0 Å². The lowest BCUT2D eigenvalue weighted by Crippen LogP contribution is -2.38. The summed E-state index contributed by atoms with van der Waals surface area (Å²) in [6, 6.07) is 7.64. The highest BCUT2D eigenvalue weighted by Crippen LogP contribution is 2.35. The molecule has 2 fully saturated rings. The second-order valence-corrected chi connectivity index (χ2v) is 7.25. The molecule has 3 rings (SSSR count). The van der Waals surface area contributed by atoms with Crippen molar-refractivity contribution in [2.75, 3.05) is 29.6 Å². The predicted octanol–water partition coefficient (Wildman–Crippen LogP) is 3.07. The molecule has 2 aliphatic rings. The van der Waals surface area contributed by atoms with Gasteiger partial charge in [-0.2, -0.15) is 23.5 Å². The molecular formula is C14H20N2S2. The molecule has 0 aromatic carbocycles. The molecule has 0 amide bonds. The summed E-state index contributed by atoms with van der Waals surface area (Å²) in [6.45, 7) is 1.26. The maximum atomic E-state index is 4.57. The Morgan fingerprint density at radius 3 is 2.72 bits per heavy atom. The standard InChI is InChI=1S/C14H20N2S2/c1-2-6-15-13(4-1)14-5-3-7-16(14)12-10-17-8-9-18-11-12/h1-2,4,6,12,14H,3,5,7-11H2/t14-/m0/s1. The highest BCUT2D eigenvalue weighted by Gasteiger charge is 2.32. The first-order valence-corrected chi connectivity index (χ1v) is 9.08. The molecule has 2 nitrogen and oxygen atoms in total. The van der Waals surface area contributed by atoms with Gasteiger partial charge in [0.15, 0.2) is 0 Å². The Labute approximate surface area is 118 Å². The zero-order valence-corrected chi connectivity index (χ0v) is 12.3. The van der Waals surface area contributed by atoms with Gasteiger partial charge in [0, 0.05) is 35.3 Å². The van der Waals surface area contributed by atoms with Crippen LogP contribution in [0.5, 0.6) is 0 Å². The lowest BCUT2D eigenvalue weighted by molar-refractivity contribution is 0.208. The average Bonchev–Trinajstić information content (AvgIpc) is 2.75. The topological polar surface area (TPSA) is 16.1 Å². The summed E-state index contributed by atoms with van der Waals surface area (Å²) in [5.74, 6) is 5.25. The zero-order chi connectivity index (χ0) is 12.2. The minimum Gasteiger partial charge on any atom is -0.290 e. The zero-order valence-electron chi connectivity index (χ0n) is 10.6. The molecular weight excluding hydrogens is 260 g/mol. The van der Waals surface area contributed by atoms with Gasteiger partial charge in [0.05, 0.1) is 11.7 Å². The molecule has 0 unspecified atom stereocenters. The molecule has 1 aromatic heterocycles. The Morgan fingerprint density at radius 1 is 1.17 bits per heavy atom. The number of pyridine rings is 1. The maximum absolute atomic E-state index is 4.57. The monoisotopic (exact) mass is 280 g/mol. The van der Waals surface area contributed by atoms with Gasteiger partial charge in [0.25, 0.3) is 0 Å². The first-order chi connectivity index (χ1) is 8.95. The fraction of sp³-hybridized carbons (Fsp3) is 0.643. The summed E-state index contributed by atoms with van der Waals surface area (Å²) in [4.78, 5) is 7.29. The van der Waals surface area contributed by atoms with E-state index in [0.29, 0.717) is 6.04 Å². The molecule has 4 heteroatoms. The fourth-order valence-electron chi connectivity index (χ4n) is 2.91. The normalized spacial score (nSPS) is 27.2. The largest absolute Gasteiger partial charge is 0.290 e. The molecule has 0 radical (unpaired) electrons. The number of likely N-dealkylation sites (tertiary alicyclic amines) is 1. The van der Waals surface area contributed by atoms with E-state index in [2.05, 4.69) is 45.5 Å². The quantitative estimate of drug-likeness (QED) is 0.827. The maximum Gasteiger partial charge on any atom is 0.0575 e. The summed E-state index contributed by atoms with van der Waals surface area (Å²) in [7, 11) is 0. The van der Waals surface area contributed by atoms with Gasteiger partial charge in [-0.3, -0.25) is 9.88 Å². The minimum atomic E-state index is 0.565. The molecule has 2 aliphatic heterocycles. The minimum absolute atomic E-state index is 0.565. The Balaban J connectivity index is 1.74. The molecule has 0 spiro atoms. The van der Waals surface area contributed by atoms with Gasteiger partial charge in [-0.1, -0.05) is 6.07 Å². The van der Waals surface area contributed by atoms with Crippen molar-refractivity contribution in [3.63, 3.8) is 0 Å². The Hall–Kier alpha value is -0.190. The second kappa shape index (κ2) is 6.31. The average molecular weight is 280 g/mol. The molecule has 3 heterocycles. The van der Waals surface area contributed by atoms with Crippen LogP contribution >= 0.6 is 23.5 Å². The van der Waals surface area contributed by atoms with E-state index in [0.717, 1.165) is 6.04 Å². The van der Waals surface area contributed by atoms with Crippen molar-refractivity contribution in [2.24, 2.45) is 0 Å². The van der Waals surface area contributed by atoms with Crippen LogP contribution in [0.4, 0.5) is 0 Å². The molecule has 18 heavy (non-hydrogen) atoms. The molecule has 0 bridgehead atoms. The second-order valence-electron chi connectivity index (χ2n) is 4.95. The fourth-order valence-corrected chi connectivity index (χ4v) is 5.50. The summed E-state index contributed by atoms with van der Waals surface area (Å²) in [5.41, 5.74) is 1.27. The van der Waals surface area contributed by atoms with Gasteiger partial charge in [-0.05, 0) is 31.5 Å². The van der Waals surface area contributed by atoms with Gasteiger partial charge in [-0.15, -0.1) is 0 Å². The number of nitrogens with zero attached hydrogens (tertiary/aromatic N) is 2. The summed E-state index contributed by atoms with van der Waals surface area (Å²) in [5, 5.41) is 0. The van der Waals surface area contributed by atoms with Crippen LogP contribution in [-0.2, 0) is 0 Å². The highest BCUT2D eigenvalue weighted by molar-refractivity contribution is 8.03. The van der Waals surface area contributed by atoms with Crippen molar-refractivity contribution < 1.29 is 0 Å². The Kier molecular flexibility index (Phi) is 4.49. The van der Waals surface area contributed by atoms with Crippen LogP contribution in [0.3, 0.4) is 0 Å². The van der Waals surface area contributed by atoms with Crippen molar-refractivity contribution in [3.8, 4) is 0 Å². The summed E-state index contributed by atoms with van der Waals surface area (Å²) >= 11 is 4.25. The molecule has 0 aliphatic carbocycles. The lowest BCUT2D eigenvalue weighted by atomic mass is 10.1. The van der Waals surface area contributed by atoms with E-state index in [1.807, 2.05) is 12.3 Å². The Morgan fingerprint density at radius 2 is 2.00 bits per heavy atom. The van der Waals surface area contributed by atoms with Crippen molar-refractivity contribution >= 4 is 23.5 Å². The van der Waals surface area contributed by atoms with Gasteiger partial charge in [0.2, 0.25) is 0 Å². The number of rotatable bonds is 2. The van der Waals surface area contributed by atoms with Gasteiger partial charge in [-0.25, -0.2) is 0 Å². The van der Waals surface area contributed by atoms with Gasteiger partial charge in [0.1, 0.15) is 0 Å². The molecule has 1 aromatic rings. The number of thioether (sulfide) groups is 2. The van der Waals surface area contributed by atoms with Gasteiger partial charge >= 0.3 is 0 Å². The van der Waals surface area contributed by atoms with Crippen LogP contribution in [0, 0.1) is 0 Å². The van der Waals surface area contributed by atoms with E-state index in [1.54, 1.807) is 0 Å². The van der Waals surface area contributed by atoms with Crippen LogP contribution in [-0.4, -0.2) is 45.5 Å². The van der Waals surface area contributed by atoms with E-state index in [9.17, 15) is 0 Å². The predicted molar refractivity (Wildman–Crippen MR) is 81.4 cm³/mol. The highest BCUT2D eigenvalue weighted by atomic mass is 32.2. The van der Waals surface area contributed by atoms with Gasteiger partial charge < -0.3 is 0 Å². The number of hydrogen-bond acceptors (Lipinski definition) is 4.